The minimum Gasteiger partial charge on any atom is -0.367 e. The molecule has 2 aliphatic carbocycles. The fourth-order valence-corrected chi connectivity index (χ4v) is 3.51. The van der Waals surface area contributed by atoms with E-state index in [-0.39, 0.29) is 12.0 Å². The predicted molar refractivity (Wildman–Crippen MR) is 83.4 cm³/mol. The maximum atomic E-state index is 14.6. The molecule has 0 unspecified atom stereocenters. The van der Waals surface area contributed by atoms with Gasteiger partial charge in [-0.15, -0.1) is 0 Å². The van der Waals surface area contributed by atoms with Crippen molar-refractivity contribution in [1.29, 1.82) is 0 Å². The molecule has 118 valence electrons. The number of alkyl halides is 1. The predicted octanol–water partition coefficient (Wildman–Crippen LogP) is 2.83. The lowest BCUT2D eigenvalue weighted by Gasteiger charge is -2.28. The zero-order valence-corrected chi connectivity index (χ0v) is 12.6. The second-order valence-corrected chi connectivity index (χ2v) is 6.67. The van der Waals surface area contributed by atoms with Crippen LogP contribution in [0.4, 0.5) is 10.2 Å². The van der Waals surface area contributed by atoms with Crippen molar-refractivity contribution in [3.05, 3.63) is 24.0 Å². The van der Waals surface area contributed by atoms with Gasteiger partial charge in [0.15, 0.2) is 5.65 Å². The average Bonchev–Trinajstić information content (AvgIpc) is 3.05. The van der Waals surface area contributed by atoms with Crippen molar-refractivity contribution in [3.8, 4) is 0 Å². The molecule has 2 aromatic heterocycles. The van der Waals surface area contributed by atoms with E-state index in [0.29, 0.717) is 17.4 Å². The topological polar surface area (TPSA) is 68.2 Å². The highest BCUT2D eigenvalue weighted by Gasteiger charge is 2.30. The molecule has 0 saturated heterocycles. The first-order chi connectivity index (χ1) is 10.7. The van der Waals surface area contributed by atoms with Gasteiger partial charge in [-0.25, -0.2) is 9.37 Å². The van der Waals surface area contributed by atoms with Crippen LogP contribution < -0.4 is 11.1 Å². The molecule has 6 heteroatoms. The summed E-state index contributed by atoms with van der Waals surface area (Å²) >= 11 is 0. The summed E-state index contributed by atoms with van der Waals surface area (Å²) in [6.45, 7) is 0. The van der Waals surface area contributed by atoms with Crippen molar-refractivity contribution in [2.45, 2.75) is 56.8 Å². The Balaban J connectivity index is 1.64. The van der Waals surface area contributed by atoms with Gasteiger partial charge in [0.2, 0.25) is 0 Å². The lowest BCUT2D eigenvalue weighted by Crippen LogP contribution is -2.23. The van der Waals surface area contributed by atoms with Crippen LogP contribution in [-0.4, -0.2) is 26.7 Å². The zero-order chi connectivity index (χ0) is 15.1. The minimum absolute atomic E-state index is 0.130. The molecule has 2 fully saturated rings. The molecule has 2 heterocycles. The number of hydrogen-bond donors (Lipinski definition) is 2. The van der Waals surface area contributed by atoms with E-state index in [4.69, 9.17) is 5.73 Å². The number of halogens is 1. The van der Waals surface area contributed by atoms with Crippen molar-refractivity contribution >= 4 is 11.5 Å². The molecule has 5 nitrogen and oxygen atoms in total. The van der Waals surface area contributed by atoms with Crippen LogP contribution in [-0.2, 0) is 0 Å². The van der Waals surface area contributed by atoms with Gasteiger partial charge in [0, 0.05) is 24.2 Å². The number of nitrogens with one attached hydrogen (secondary N) is 1. The van der Waals surface area contributed by atoms with Crippen LogP contribution in [0.15, 0.2) is 18.3 Å². The lowest BCUT2D eigenvalue weighted by molar-refractivity contribution is 0.146. The molecule has 0 amide bonds. The SMILES string of the molecule is N[C@H]1CC[C@H](Nc2cc([C@H](F)C3CCC3)nc3ccnn23)C1. The summed E-state index contributed by atoms with van der Waals surface area (Å²) in [7, 11) is 0. The molecule has 0 radical (unpaired) electrons. The molecule has 2 aliphatic rings. The van der Waals surface area contributed by atoms with Gasteiger partial charge in [-0.3, -0.25) is 0 Å². The van der Waals surface area contributed by atoms with E-state index in [1.165, 1.54) is 0 Å². The number of anilines is 1. The third-order valence-electron chi connectivity index (χ3n) is 5.05. The molecule has 22 heavy (non-hydrogen) atoms. The summed E-state index contributed by atoms with van der Waals surface area (Å²) in [5.74, 6) is 0.955. The van der Waals surface area contributed by atoms with Crippen LogP contribution in [0.5, 0.6) is 0 Å². The van der Waals surface area contributed by atoms with Crippen molar-refractivity contribution in [2.75, 3.05) is 5.32 Å². The Hall–Kier alpha value is -1.69. The highest BCUT2D eigenvalue weighted by atomic mass is 19.1. The maximum Gasteiger partial charge on any atom is 0.157 e. The number of rotatable bonds is 4. The van der Waals surface area contributed by atoms with Gasteiger partial charge in [0.1, 0.15) is 12.0 Å². The summed E-state index contributed by atoms with van der Waals surface area (Å²) in [4.78, 5) is 4.45. The summed E-state index contributed by atoms with van der Waals surface area (Å²) < 4.78 is 16.4. The largest absolute Gasteiger partial charge is 0.367 e. The van der Waals surface area contributed by atoms with Crippen LogP contribution in [0.1, 0.15) is 50.4 Å². The van der Waals surface area contributed by atoms with Gasteiger partial charge in [0.25, 0.3) is 0 Å². The smallest absolute Gasteiger partial charge is 0.157 e. The van der Waals surface area contributed by atoms with E-state index in [9.17, 15) is 4.39 Å². The molecule has 2 saturated carbocycles. The molecule has 0 aliphatic heterocycles. The van der Waals surface area contributed by atoms with E-state index in [2.05, 4.69) is 15.4 Å². The van der Waals surface area contributed by atoms with Gasteiger partial charge in [-0.05, 0) is 38.0 Å². The molecule has 0 bridgehead atoms. The van der Waals surface area contributed by atoms with Crippen LogP contribution in [0.25, 0.3) is 5.65 Å². The third-order valence-corrected chi connectivity index (χ3v) is 5.05. The lowest BCUT2D eigenvalue weighted by atomic mass is 9.81. The first-order valence-corrected chi connectivity index (χ1v) is 8.21. The molecule has 4 rings (SSSR count). The van der Waals surface area contributed by atoms with Crippen molar-refractivity contribution < 1.29 is 4.39 Å². The fraction of sp³-hybridized carbons (Fsp3) is 0.625. The summed E-state index contributed by atoms with van der Waals surface area (Å²) in [6, 6.07) is 4.24. The number of nitrogens with two attached hydrogens (primary N) is 1. The average molecular weight is 303 g/mol. The first-order valence-electron chi connectivity index (χ1n) is 8.21. The Bertz CT molecular complexity index is 666. The Morgan fingerprint density at radius 3 is 2.86 bits per heavy atom. The summed E-state index contributed by atoms with van der Waals surface area (Å²) in [5, 5.41) is 7.78. The van der Waals surface area contributed by atoms with Gasteiger partial charge in [-0.2, -0.15) is 9.61 Å². The second-order valence-electron chi connectivity index (χ2n) is 6.67. The molecule has 3 N–H and O–H groups in total. The van der Waals surface area contributed by atoms with Crippen molar-refractivity contribution in [1.82, 2.24) is 14.6 Å². The standard InChI is InChI=1S/C16H22FN5/c17-16(10-2-1-3-10)13-9-15(20-12-5-4-11(18)8-12)22-14(21-13)6-7-19-22/h6-7,9-12,16,20H,1-5,8,18H2/t11-,12-,16+/m0/s1. The first kappa shape index (κ1) is 13.9. The van der Waals surface area contributed by atoms with Crippen LogP contribution in [0.3, 0.4) is 0 Å². The van der Waals surface area contributed by atoms with E-state index >= 15 is 0 Å². The Kier molecular flexibility index (Phi) is 3.48. The van der Waals surface area contributed by atoms with Crippen molar-refractivity contribution in [3.63, 3.8) is 0 Å². The fourth-order valence-electron chi connectivity index (χ4n) is 3.51. The van der Waals surface area contributed by atoms with E-state index in [1.54, 1.807) is 10.7 Å². The monoisotopic (exact) mass is 303 g/mol. The summed E-state index contributed by atoms with van der Waals surface area (Å²) in [6.07, 6.45) is 6.82. The molecule has 0 aromatic carbocycles. The summed E-state index contributed by atoms with van der Waals surface area (Å²) in [5.41, 5.74) is 7.21. The normalized spacial score (nSPS) is 27.0. The van der Waals surface area contributed by atoms with E-state index < -0.39 is 6.17 Å². The van der Waals surface area contributed by atoms with Gasteiger partial charge in [0.05, 0.1) is 11.9 Å². The molecular formula is C16H22FN5. The Morgan fingerprint density at radius 2 is 2.18 bits per heavy atom. The molecular weight excluding hydrogens is 281 g/mol. The molecule has 3 atom stereocenters. The zero-order valence-electron chi connectivity index (χ0n) is 12.6. The third kappa shape index (κ3) is 2.45. The highest BCUT2D eigenvalue weighted by molar-refractivity contribution is 5.50. The van der Waals surface area contributed by atoms with E-state index in [1.807, 2.05) is 12.1 Å². The minimum atomic E-state index is -0.972. The van der Waals surface area contributed by atoms with Crippen LogP contribution in [0.2, 0.25) is 0 Å². The maximum absolute atomic E-state index is 14.6. The highest BCUT2D eigenvalue weighted by Crippen LogP contribution is 2.40. The number of nitrogens with zero attached hydrogens (tertiary/aromatic N) is 3. The molecule has 0 spiro atoms. The van der Waals surface area contributed by atoms with Crippen LogP contribution in [0, 0.1) is 5.92 Å². The quantitative estimate of drug-likeness (QED) is 0.911. The van der Waals surface area contributed by atoms with Crippen molar-refractivity contribution in [2.24, 2.45) is 11.7 Å². The Morgan fingerprint density at radius 1 is 1.32 bits per heavy atom. The second kappa shape index (κ2) is 5.50. The number of fused-ring (bicyclic) bond motifs is 1. The van der Waals surface area contributed by atoms with Gasteiger partial charge < -0.3 is 11.1 Å². The number of hydrogen-bond acceptors (Lipinski definition) is 4. The van der Waals surface area contributed by atoms with Gasteiger partial charge >= 0.3 is 0 Å². The number of aromatic nitrogens is 3. The van der Waals surface area contributed by atoms with E-state index in [0.717, 1.165) is 44.3 Å². The van der Waals surface area contributed by atoms with Gasteiger partial charge in [-0.1, -0.05) is 6.42 Å². The van der Waals surface area contributed by atoms with Crippen LogP contribution >= 0.6 is 0 Å². The Labute approximate surface area is 129 Å². The molecule has 2 aromatic rings.